The van der Waals surface area contributed by atoms with Gasteiger partial charge in [-0.15, -0.1) is 11.6 Å². The van der Waals surface area contributed by atoms with E-state index in [2.05, 4.69) is 4.74 Å². The zero-order valence-electron chi connectivity index (χ0n) is 11.2. The number of hydrogen-bond donors (Lipinski definition) is 0. The first-order valence-corrected chi connectivity index (χ1v) is 7.41. The van der Waals surface area contributed by atoms with Crippen molar-refractivity contribution in [1.29, 1.82) is 0 Å². The van der Waals surface area contributed by atoms with Gasteiger partial charge in [-0.05, 0) is 17.7 Å². The van der Waals surface area contributed by atoms with Gasteiger partial charge in [-0.1, -0.05) is 12.1 Å². The number of ether oxygens (including phenoxy) is 1. The van der Waals surface area contributed by atoms with Crippen molar-refractivity contribution in [2.75, 3.05) is 13.0 Å². The Kier molecular flexibility index (Phi) is 4.98. The molecule has 2 rings (SSSR count). The van der Waals surface area contributed by atoms with Crippen molar-refractivity contribution >= 4 is 29.1 Å². The molecular formula is C13H13ClN2O4S. The summed E-state index contributed by atoms with van der Waals surface area (Å²) in [5, 5.41) is 0. The average molecular weight is 329 g/mol. The molecule has 0 bridgehead atoms. The molecule has 112 valence electrons. The third-order valence-corrected chi connectivity index (χ3v) is 3.96. The van der Waals surface area contributed by atoms with Crippen LogP contribution in [0.15, 0.2) is 33.9 Å². The molecule has 0 aliphatic carbocycles. The van der Waals surface area contributed by atoms with Crippen molar-refractivity contribution in [3.8, 4) is 0 Å². The van der Waals surface area contributed by atoms with Crippen LogP contribution < -0.4 is 10.6 Å². The predicted octanol–water partition coefficient (Wildman–Crippen LogP) is 1.15. The molecule has 1 aromatic carbocycles. The first-order chi connectivity index (χ1) is 10.1. The van der Waals surface area contributed by atoms with E-state index in [-0.39, 0.29) is 23.0 Å². The zero-order chi connectivity index (χ0) is 15.4. The van der Waals surface area contributed by atoms with E-state index in [4.69, 9.17) is 11.6 Å². The van der Waals surface area contributed by atoms with Gasteiger partial charge in [0.25, 0.3) is 0 Å². The fourth-order valence-corrected chi connectivity index (χ4v) is 2.85. The maximum atomic E-state index is 12.0. The average Bonchev–Trinajstić information content (AvgIpc) is 2.75. The Hall–Kier alpha value is -1.86. The van der Waals surface area contributed by atoms with Crippen molar-refractivity contribution in [3.63, 3.8) is 0 Å². The molecule has 0 saturated carbocycles. The number of nitrogens with zero attached hydrogens (tertiary/aromatic N) is 2. The third-order valence-electron chi connectivity index (χ3n) is 2.86. The van der Waals surface area contributed by atoms with Crippen LogP contribution in [0.5, 0.6) is 0 Å². The number of carbonyl (C=O) groups excluding carboxylic acids is 1. The second kappa shape index (κ2) is 6.73. The summed E-state index contributed by atoms with van der Waals surface area (Å²) in [6, 6.07) is 6.55. The fourth-order valence-electron chi connectivity index (χ4n) is 1.79. The quantitative estimate of drug-likeness (QED) is 0.609. The largest absolute Gasteiger partial charge is 0.465 e. The lowest BCUT2D eigenvalue weighted by Crippen LogP contribution is -2.29. The number of rotatable bonds is 5. The van der Waals surface area contributed by atoms with Gasteiger partial charge in [-0.2, -0.15) is 0 Å². The Bertz CT molecular complexity index is 745. The normalized spacial score (nSPS) is 10.6. The molecule has 2 aromatic rings. The molecule has 6 nitrogen and oxygen atoms in total. The van der Waals surface area contributed by atoms with Gasteiger partial charge in [0.2, 0.25) is 0 Å². The number of esters is 1. The molecular weight excluding hydrogens is 316 g/mol. The number of alkyl halides is 1. The molecule has 1 heterocycles. The second-order valence-electron chi connectivity index (χ2n) is 4.21. The minimum absolute atomic E-state index is 0.158. The Morgan fingerprint density at radius 3 is 2.52 bits per heavy atom. The summed E-state index contributed by atoms with van der Waals surface area (Å²) in [6.45, 7) is 0.472. The molecule has 0 amide bonds. The van der Waals surface area contributed by atoms with Gasteiger partial charge in [-0.3, -0.25) is 4.79 Å². The van der Waals surface area contributed by atoms with Crippen LogP contribution in [0.1, 0.15) is 15.9 Å². The van der Waals surface area contributed by atoms with E-state index in [9.17, 15) is 14.4 Å². The van der Waals surface area contributed by atoms with E-state index in [1.165, 1.54) is 11.1 Å². The van der Waals surface area contributed by atoms with Crippen LogP contribution in [0, 0.1) is 0 Å². The number of aromatic nitrogens is 2. The molecule has 1 aromatic heterocycles. The lowest BCUT2D eigenvalue weighted by atomic mass is 10.1. The summed E-state index contributed by atoms with van der Waals surface area (Å²) in [5.74, 6) is -0.160. The molecule has 0 spiro atoms. The summed E-state index contributed by atoms with van der Waals surface area (Å²) in [6.07, 6.45) is 0. The molecule has 0 N–H and O–H groups in total. The SMILES string of the molecule is COC(=O)c1ccc(Cn2c(=O)sn(CCCl)c2=O)cc1. The first kappa shape index (κ1) is 15.5. The topological polar surface area (TPSA) is 70.3 Å². The van der Waals surface area contributed by atoms with E-state index >= 15 is 0 Å². The third kappa shape index (κ3) is 3.43. The van der Waals surface area contributed by atoms with Crippen LogP contribution in [-0.4, -0.2) is 27.5 Å². The lowest BCUT2D eigenvalue weighted by molar-refractivity contribution is 0.0600. The van der Waals surface area contributed by atoms with Crippen molar-refractivity contribution in [3.05, 3.63) is 55.5 Å². The molecule has 0 aliphatic rings. The van der Waals surface area contributed by atoms with Gasteiger partial charge in [-0.25, -0.2) is 18.1 Å². The Labute approximate surface area is 129 Å². The van der Waals surface area contributed by atoms with Crippen LogP contribution in [0.4, 0.5) is 0 Å². The van der Waals surface area contributed by atoms with Gasteiger partial charge in [0.05, 0.1) is 25.8 Å². The van der Waals surface area contributed by atoms with Crippen LogP contribution in [0.2, 0.25) is 0 Å². The minimum Gasteiger partial charge on any atom is -0.465 e. The molecule has 0 unspecified atom stereocenters. The predicted molar refractivity (Wildman–Crippen MR) is 80.4 cm³/mol. The van der Waals surface area contributed by atoms with Gasteiger partial charge >= 0.3 is 16.5 Å². The van der Waals surface area contributed by atoms with E-state index in [1.54, 1.807) is 24.3 Å². The maximum Gasteiger partial charge on any atom is 0.341 e. The Balaban J connectivity index is 2.24. The highest BCUT2D eigenvalue weighted by Crippen LogP contribution is 2.06. The number of aryl methyl sites for hydroxylation is 1. The van der Waals surface area contributed by atoms with Crippen LogP contribution in [0.25, 0.3) is 0 Å². The molecule has 21 heavy (non-hydrogen) atoms. The molecule has 0 radical (unpaired) electrons. The molecule has 8 heteroatoms. The highest BCUT2D eigenvalue weighted by Gasteiger charge is 2.11. The summed E-state index contributed by atoms with van der Waals surface area (Å²) in [7, 11) is 1.31. The Morgan fingerprint density at radius 1 is 1.29 bits per heavy atom. The van der Waals surface area contributed by atoms with Crippen molar-refractivity contribution < 1.29 is 9.53 Å². The highest BCUT2D eigenvalue weighted by molar-refractivity contribution is 7.03. The van der Waals surface area contributed by atoms with Gasteiger partial charge in [0, 0.05) is 17.4 Å². The molecule has 0 atom stereocenters. The zero-order valence-corrected chi connectivity index (χ0v) is 12.8. The summed E-state index contributed by atoms with van der Waals surface area (Å²) < 4.78 is 7.08. The van der Waals surface area contributed by atoms with Crippen LogP contribution >= 0.6 is 23.1 Å². The second-order valence-corrected chi connectivity index (χ2v) is 5.56. The van der Waals surface area contributed by atoms with Crippen molar-refractivity contribution in [2.45, 2.75) is 13.1 Å². The van der Waals surface area contributed by atoms with Crippen molar-refractivity contribution in [1.82, 2.24) is 8.52 Å². The van der Waals surface area contributed by atoms with E-state index in [0.29, 0.717) is 12.1 Å². The van der Waals surface area contributed by atoms with Crippen molar-refractivity contribution in [2.24, 2.45) is 0 Å². The molecule has 0 saturated heterocycles. The molecule has 0 aliphatic heterocycles. The Morgan fingerprint density at radius 2 is 1.95 bits per heavy atom. The monoisotopic (exact) mass is 328 g/mol. The van der Waals surface area contributed by atoms with Crippen LogP contribution in [0.3, 0.4) is 0 Å². The van der Waals surface area contributed by atoms with Gasteiger partial charge in [0.15, 0.2) is 0 Å². The summed E-state index contributed by atoms with van der Waals surface area (Å²) in [5.41, 5.74) is 0.791. The van der Waals surface area contributed by atoms with E-state index in [1.807, 2.05) is 0 Å². The standard InChI is InChI=1S/C13H13ClN2O4S/c1-20-11(17)10-4-2-9(3-5-10)8-15-12(18)16(7-6-14)21-13(15)19/h2-5H,6-8H2,1H3. The van der Waals surface area contributed by atoms with E-state index in [0.717, 1.165) is 21.7 Å². The number of methoxy groups -OCH3 is 1. The number of halogens is 1. The number of hydrogen-bond acceptors (Lipinski definition) is 5. The van der Waals surface area contributed by atoms with E-state index < -0.39 is 5.97 Å². The smallest absolute Gasteiger partial charge is 0.341 e. The summed E-state index contributed by atoms with van der Waals surface area (Å²) >= 11 is 6.43. The fraction of sp³-hybridized carbons (Fsp3) is 0.308. The first-order valence-electron chi connectivity index (χ1n) is 6.11. The number of carbonyl (C=O) groups is 1. The maximum absolute atomic E-state index is 12.0. The van der Waals surface area contributed by atoms with Crippen LogP contribution in [-0.2, 0) is 17.8 Å². The van der Waals surface area contributed by atoms with Gasteiger partial charge in [0.1, 0.15) is 0 Å². The van der Waals surface area contributed by atoms with Gasteiger partial charge < -0.3 is 4.74 Å². The number of benzene rings is 1. The highest BCUT2D eigenvalue weighted by atomic mass is 35.5. The molecule has 0 fully saturated rings. The summed E-state index contributed by atoms with van der Waals surface area (Å²) in [4.78, 5) is 34.8. The minimum atomic E-state index is -0.432. The lowest BCUT2D eigenvalue weighted by Gasteiger charge is -2.03.